The lowest BCUT2D eigenvalue weighted by Gasteiger charge is -2.22. The number of hydrogen-bond acceptors (Lipinski definition) is 6. The van der Waals surface area contributed by atoms with E-state index in [1.54, 1.807) is 27.6 Å². The summed E-state index contributed by atoms with van der Waals surface area (Å²) in [5.74, 6) is 0.00877. The summed E-state index contributed by atoms with van der Waals surface area (Å²) in [5.41, 5.74) is 2.79. The molecule has 1 amide bonds. The summed E-state index contributed by atoms with van der Waals surface area (Å²) in [7, 11) is 0. The average molecular weight is 436 g/mol. The Morgan fingerprint density at radius 3 is 2.73 bits per heavy atom. The van der Waals surface area contributed by atoms with E-state index in [0.29, 0.717) is 6.54 Å². The number of benzene rings is 2. The van der Waals surface area contributed by atoms with E-state index in [1.165, 1.54) is 0 Å². The number of rotatable bonds is 6. The Bertz CT molecular complexity index is 1120. The predicted octanol–water partition coefficient (Wildman–Crippen LogP) is 5.17. The molecule has 1 aliphatic heterocycles. The first-order valence-electron chi connectivity index (χ1n) is 10.0. The second-order valence-electron chi connectivity index (χ2n) is 7.29. The third-order valence-electron chi connectivity index (χ3n) is 5.13. The Morgan fingerprint density at radius 2 is 1.93 bits per heavy atom. The molecule has 1 unspecified atom stereocenters. The number of hydrogen-bond donors (Lipinski definition) is 0. The normalized spacial score (nSPS) is 16.2. The first kappa shape index (κ1) is 19.4. The van der Waals surface area contributed by atoms with Gasteiger partial charge in [-0.2, -0.15) is 0 Å². The Balaban J connectivity index is 1.39. The molecule has 5 nitrogen and oxygen atoms in total. The van der Waals surface area contributed by atoms with E-state index in [9.17, 15) is 4.79 Å². The Morgan fingerprint density at radius 1 is 1.10 bits per heavy atom. The molecule has 7 heteroatoms. The predicted molar refractivity (Wildman–Crippen MR) is 122 cm³/mol. The lowest BCUT2D eigenvalue weighted by Crippen LogP contribution is -2.38. The van der Waals surface area contributed by atoms with Crippen molar-refractivity contribution in [2.45, 2.75) is 25.4 Å². The van der Waals surface area contributed by atoms with Gasteiger partial charge in [-0.05, 0) is 25.0 Å². The van der Waals surface area contributed by atoms with Crippen LogP contribution in [-0.4, -0.2) is 35.1 Å². The van der Waals surface area contributed by atoms with Crippen LogP contribution in [0.4, 0.5) is 5.13 Å². The second-order valence-corrected chi connectivity index (χ2v) is 9.16. The molecule has 1 aliphatic rings. The minimum Gasteiger partial charge on any atom is -0.376 e. The zero-order valence-corrected chi connectivity index (χ0v) is 18.0. The molecule has 1 atom stereocenters. The molecule has 30 heavy (non-hydrogen) atoms. The van der Waals surface area contributed by atoms with Crippen LogP contribution < -0.4 is 4.90 Å². The summed E-state index contributed by atoms with van der Waals surface area (Å²) in [6, 6.07) is 18.0. The van der Waals surface area contributed by atoms with Crippen molar-refractivity contribution in [3.63, 3.8) is 0 Å². The molecule has 2 aromatic heterocycles. The Labute approximate surface area is 183 Å². The van der Waals surface area contributed by atoms with Crippen LogP contribution in [-0.2, 0) is 16.0 Å². The molecule has 0 bridgehead atoms. The first-order valence-corrected chi connectivity index (χ1v) is 11.7. The second kappa shape index (κ2) is 8.63. The van der Waals surface area contributed by atoms with Gasteiger partial charge in [0.05, 0.1) is 35.0 Å². The molecule has 0 saturated carbocycles. The number of amides is 1. The molecular weight excluding hydrogens is 414 g/mol. The molecule has 0 N–H and O–H groups in total. The van der Waals surface area contributed by atoms with E-state index in [2.05, 4.69) is 0 Å². The zero-order chi connectivity index (χ0) is 20.3. The fraction of sp³-hybridized carbons (Fsp3) is 0.261. The van der Waals surface area contributed by atoms with Crippen LogP contribution in [0.3, 0.4) is 0 Å². The highest BCUT2D eigenvalue weighted by molar-refractivity contribution is 7.22. The quantitative estimate of drug-likeness (QED) is 0.419. The largest absolute Gasteiger partial charge is 0.376 e. The molecule has 0 spiro atoms. The van der Waals surface area contributed by atoms with E-state index in [4.69, 9.17) is 14.7 Å². The molecule has 3 heterocycles. The van der Waals surface area contributed by atoms with Gasteiger partial charge >= 0.3 is 0 Å². The fourth-order valence-corrected chi connectivity index (χ4v) is 5.42. The lowest BCUT2D eigenvalue weighted by atomic mass is 10.2. The summed E-state index contributed by atoms with van der Waals surface area (Å²) in [6.45, 7) is 1.30. The fourth-order valence-electron chi connectivity index (χ4n) is 3.61. The van der Waals surface area contributed by atoms with Gasteiger partial charge < -0.3 is 4.74 Å². The lowest BCUT2D eigenvalue weighted by molar-refractivity contribution is -0.118. The SMILES string of the molecule is O=C(Cc1csc(-c2ccccc2)n1)N(CC1CCCO1)c1nc2ccccc2s1. The van der Waals surface area contributed by atoms with Crippen LogP contribution in [0.1, 0.15) is 18.5 Å². The molecular formula is C23H21N3O2S2. The van der Waals surface area contributed by atoms with E-state index >= 15 is 0 Å². The van der Waals surface area contributed by atoms with Gasteiger partial charge in [-0.3, -0.25) is 9.69 Å². The topological polar surface area (TPSA) is 55.3 Å². The third-order valence-corrected chi connectivity index (χ3v) is 7.13. The van der Waals surface area contributed by atoms with Crippen LogP contribution >= 0.6 is 22.7 Å². The average Bonchev–Trinajstić information content (AvgIpc) is 3.53. The maximum atomic E-state index is 13.3. The Hall–Kier alpha value is -2.61. The maximum absolute atomic E-state index is 13.3. The number of fused-ring (bicyclic) bond motifs is 1. The summed E-state index contributed by atoms with van der Waals surface area (Å²) in [4.78, 5) is 24.5. The monoisotopic (exact) mass is 435 g/mol. The van der Waals surface area contributed by atoms with Crippen molar-refractivity contribution >= 4 is 43.9 Å². The summed E-state index contributed by atoms with van der Waals surface area (Å²) >= 11 is 3.12. The van der Waals surface area contributed by atoms with Gasteiger partial charge in [-0.15, -0.1) is 11.3 Å². The van der Waals surface area contributed by atoms with Gasteiger partial charge in [0.1, 0.15) is 5.01 Å². The molecule has 1 fully saturated rings. The minimum atomic E-state index is 0.00877. The van der Waals surface area contributed by atoms with Crippen LogP contribution in [0.5, 0.6) is 0 Å². The van der Waals surface area contributed by atoms with Gasteiger partial charge in [0.25, 0.3) is 0 Å². The van der Waals surface area contributed by atoms with Crippen LogP contribution in [0.2, 0.25) is 0 Å². The van der Waals surface area contributed by atoms with Crippen LogP contribution in [0, 0.1) is 0 Å². The number of aromatic nitrogens is 2. The van der Waals surface area contributed by atoms with Crippen molar-refractivity contribution in [1.82, 2.24) is 9.97 Å². The van der Waals surface area contributed by atoms with Crippen molar-refractivity contribution in [3.8, 4) is 10.6 Å². The highest BCUT2D eigenvalue weighted by Crippen LogP contribution is 2.31. The number of para-hydroxylation sites is 1. The highest BCUT2D eigenvalue weighted by Gasteiger charge is 2.26. The van der Waals surface area contributed by atoms with Gasteiger partial charge in [-0.25, -0.2) is 9.97 Å². The van der Waals surface area contributed by atoms with Gasteiger partial charge in [0, 0.05) is 17.6 Å². The number of thiazole rings is 2. The van der Waals surface area contributed by atoms with Gasteiger partial charge in [0.2, 0.25) is 5.91 Å². The molecule has 2 aromatic carbocycles. The third kappa shape index (κ3) is 4.14. The van der Waals surface area contributed by atoms with E-state index in [1.807, 2.05) is 60.0 Å². The summed E-state index contributed by atoms with van der Waals surface area (Å²) in [6.07, 6.45) is 2.34. The first-order chi connectivity index (χ1) is 14.8. The van der Waals surface area contributed by atoms with Crippen molar-refractivity contribution < 1.29 is 9.53 Å². The van der Waals surface area contributed by atoms with Crippen molar-refractivity contribution in [2.75, 3.05) is 18.1 Å². The van der Waals surface area contributed by atoms with E-state index in [0.717, 1.165) is 51.1 Å². The summed E-state index contributed by atoms with van der Waals surface area (Å²) < 4.78 is 6.89. The molecule has 0 radical (unpaired) electrons. The standard InChI is InChI=1S/C23H21N3O2S2/c27-21(13-17-15-29-22(24-17)16-7-2-1-3-8-16)26(14-18-9-6-12-28-18)23-25-19-10-4-5-11-20(19)30-23/h1-5,7-8,10-11,15,18H,6,9,12-14H2. The highest BCUT2D eigenvalue weighted by atomic mass is 32.1. The van der Waals surface area contributed by atoms with E-state index < -0.39 is 0 Å². The number of carbonyl (C=O) groups excluding carboxylic acids is 1. The van der Waals surface area contributed by atoms with Gasteiger partial charge in [-0.1, -0.05) is 53.8 Å². The minimum absolute atomic E-state index is 0.00877. The molecule has 152 valence electrons. The Kier molecular flexibility index (Phi) is 5.57. The van der Waals surface area contributed by atoms with Crippen molar-refractivity contribution in [1.29, 1.82) is 0 Å². The number of nitrogens with zero attached hydrogens (tertiary/aromatic N) is 3. The van der Waals surface area contributed by atoms with Crippen molar-refractivity contribution in [2.24, 2.45) is 0 Å². The van der Waals surface area contributed by atoms with Crippen molar-refractivity contribution in [3.05, 3.63) is 65.7 Å². The molecule has 0 aliphatic carbocycles. The zero-order valence-electron chi connectivity index (χ0n) is 16.4. The van der Waals surface area contributed by atoms with E-state index in [-0.39, 0.29) is 18.4 Å². The molecule has 4 aromatic rings. The smallest absolute Gasteiger partial charge is 0.234 e. The number of anilines is 1. The molecule has 5 rings (SSSR count). The van der Waals surface area contributed by atoms with Crippen LogP contribution in [0.15, 0.2) is 60.0 Å². The van der Waals surface area contributed by atoms with Gasteiger partial charge in [0.15, 0.2) is 5.13 Å². The summed E-state index contributed by atoms with van der Waals surface area (Å²) in [5, 5.41) is 3.64. The maximum Gasteiger partial charge on any atom is 0.234 e. The van der Waals surface area contributed by atoms with Crippen LogP contribution in [0.25, 0.3) is 20.8 Å². The molecule has 1 saturated heterocycles. The number of ether oxygens (including phenoxy) is 1. The number of carbonyl (C=O) groups is 1.